The molecule has 8 heteroatoms. The maximum atomic E-state index is 15.2. The summed E-state index contributed by atoms with van der Waals surface area (Å²) in [6, 6.07) is 15.7. The Labute approximate surface area is 183 Å². The molecule has 3 aromatic rings. The number of hydrogen-bond donors (Lipinski definition) is 1. The summed E-state index contributed by atoms with van der Waals surface area (Å²) < 4.78 is 47.3. The van der Waals surface area contributed by atoms with Crippen LogP contribution in [0.4, 0.5) is 13.2 Å². The van der Waals surface area contributed by atoms with E-state index >= 15 is 4.39 Å². The summed E-state index contributed by atoms with van der Waals surface area (Å²) in [7, 11) is 0. The van der Waals surface area contributed by atoms with Crippen molar-refractivity contribution < 1.29 is 22.7 Å². The van der Waals surface area contributed by atoms with E-state index in [-0.39, 0.29) is 25.3 Å². The molecule has 166 valence electrons. The van der Waals surface area contributed by atoms with E-state index in [2.05, 4.69) is 10.3 Å². The van der Waals surface area contributed by atoms with Crippen molar-refractivity contribution in [2.45, 2.75) is 25.2 Å². The molecule has 1 amide bonds. The van der Waals surface area contributed by atoms with Gasteiger partial charge in [0.25, 0.3) is 5.91 Å². The van der Waals surface area contributed by atoms with E-state index in [0.717, 1.165) is 17.7 Å². The van der Waals surface area contributed by atoms with Crippen molar-refractivity contribution in [2.75, 3.05) is 13.1 Å². The molecule has 1 N–H and O–H groups in total. The van der Waals surface area contributed by atoms with E-state index in [1.807, 2.05) is 11.0 Å². The van der Waals surface area contributed by atoms with Crippen molar-refractivity contribution in [3.8, 4) is 11.5 Å². The summed E-state index contributed by atoms with van der Waals surface area (Å²) >= 11 is 0. The van der Waals surface area contributed by atoms with Gasteiger partial charge in [-0.15, -0.1) is 0 Å². The van der Waals surface area contributed by atoms with E-state index in [0.29, 0.717) is 24.5 Å². The number of ether oxygens (including phenoxy) is 1. The summed E-state index contributed by atoms with van der Waals surface area (Å²) in [5.74, 6) is -1.95. The van der Waals surface area contributed by atoms with Gasteiger partial charge in [0.15, 0.2) is 11.6 Å². The van der Waals surface area contributed by atoms with Crippen molar-refractivity contribution in [3.05, 3.63) is 89.8 Å². The lowest BCUT2D eigenvalue weighted by molar-refractivity contribution is -0.132. The highest BCUT2D eigenvalue weighted by Gasteiger charge is 2.44. The quantitative estimate of drug-likeness (QED) is 0.591. The van der Waals surface area contributed by atoms with Crippen LogP contribution in [-0.2, 0) is 17.9 Å². The maximum absolute atomic E-state index is 15.2. The summed E-state index contributed by atoms with van der Waals surface area (Å²) in [5, 5.41) is 2.63. The molecule has 2 heterocycles. The lowest BCUT2D eigenvalue weighted by Gasteiger charge is -2.20. The number of nitrogens with zero attached hydrogens (tertiary/aromatic N) is 2. The van der Waals surface area contributed by atoms with Crippen LogP contribution in [-0.4, -0.2) is 34.5 Å². The molecule has 2 aromatic carbocycles. The third-order valence-corrected chi connectivity index (χ3v) is 5.29. The van der Waals surface area contributed by atoms with Crippen LogP contribution in [0.25, 0.3) is 0 Å². The number of benzene rings is 2. The smallest absolute Gasteiger partial charge is 0.259 e. The van der Waals surface area contributed by atoms with Gasteiger partial charge < -0.3 is 10.1 Å². The molecule has 32 heavy (non-hydrogen) atoms. The molecule has 1 fully saturated rings. The molecule has 0 bridgehead atoms. The third kappa shape index (κ3) is 5.26. The van der Waals surface area contributed by atoms with Crippen LogP contribution in [0, 0.1) is 11.6 Å². The average Bonchev–Trinajstić information content (AvgIpc) is 3.17. The largest absolute Gasteiger partial charge is 0.457 e. The monoisotopic (exact) mass is 441 g/mol. The molecule has 1 aromatic heterocycles. The predicted molar refractivity (Wildman–Crippen MR) is 113 cm³/mol. The number of rotatable bonds is 7. The van der Waals surface area contributed by atoms with Crippen molar-refractivity contribution in [3.63, 3.8) is 0 Å². The molecule has 4 rings (SSSR count). The highest BCUT2D eigenvalue weighted by atomic mass is 19.2. The fraction of sp³-hybridized carbons (Fsp3) is 0.250. The molecule has 0 radical (unpaired) electrons. The van der Waals surface area contributed by atoms with Gasteiger partial charge in [-0.25, -0.2) is 13.2 Å². The van der Waals surface area contributed by atoms with E-state index in [4.69, 9.17) is 4.74 Å². The number of halogens is 3. The van der Waals surface area contributed by atoms with Gasteiger partial charge in [-0.05, 0) is 42.0 Å². The zero-order chi connectivity index (χ0) is 22.6. The van der Waals surface area contributed by atoms with Crippen molar-refractivity contribution in [1.82, 2.24) is 15.2 Å². The minimum atomic E-state index is -1.96. The van der Waals surface area contributed by atoms with E-state index in [1.54, 1.807) is 42.6 Å². The molecule has 0 spiro atoms. The topological polar surface area (TPSA) is 54.5 Å². The summed E-state index contributed by atoms with van der Waals surface area (Å²) in [5.41, 5.74) is -0.450. The van der Waals surface area contributed by atoms with Gasteiger partial charge in [0.1, 0.15) is 11.5 Å². The molecule has 1 aliphatic rings. The predicted octanol–water partition coefficient (Wildman–Crippen LogP) is 4.38. The van der Waals surface area contributed by atoms with Crippen molar-refractivity contribution in [1.29, 1.82) is 0 Å². The Hall–Kier alpha value is -3.39. The highest BCUT2D eigenvalue weighted by Crippen LogP contribution is 2.29. The summed E-state index contributed by atoms with van der Waals surface area (Å²) in [6.45, 7) is 1.01. The summed E-state index contributed by atoms with van der Waals surface area (Å²) in [4.78, 5) is 18.4. The van der Waals surface area contributed by atoms with Gasteiger partial charge in [0.05, 0.1) is 12.2 Å². The Balaban J connectivity index is 1.34. The molecule has 0 aliphatic carbocycles. The number of pyridine rings is 1. The van der Waals surface area contributed by atoms with Gasteiger partial charge in [-0.2, -0.15) is 0 Å². The molecule has 5 nitrogen and oxygen atoms in total. The Kier molecular flexibility index (Phi) is 6.41. The summed E-state index contributed by atoms with van der Waals surface area (Å²) in [6.07, 6.45) is 1.72. The van der Waals surface area contributed by atoms with Crippen LogP contribution in [0.3, 0.4) is 0 Å². The van der Waals surface area contributed by atoms with Gasteiger partial charge in [0, 0.05) is 38.3 Å². The van der Waals surface area contributed by atoms with Gasteiger partial charge in [-0.3, -0.25) is 14.7 Å². The fourth-order valence-electron chi connectivity index (χ4n) is 3.64. The highest BCUT2D eigenvalue weighted by molar-refractivity contribution is 5.85. The average molecular weight is 441 g/mol. The second-order valence-corrected chi connectivity index (χ2v) is 7.76. The first kappa shape index (κ1) is 21.8. The Morgan fingerprint density at radius 1 is 1.06 bits per heavy atom. The number of amides is 1. The van der Waals surface area contributed by atoms with Crippen LogP contribution in [0.5, 0.6) is 11.5 Å². The van der Waals surface area contributed by atoms with E-state index in [9.17, 15) is 13.6 Å². The Morgan fingerprint density at radius 2 is 1.91 bits per heavy atom. The van der Waals surface area contributed by atoms with Crippen molar-refractivity contribution in [2.24, 2.45) is 0 Å². The number of nitrogens with one attached hydrogen (secondary N) is 1. The molecule has 1 unspecified atom stereocenters. The first-order valence-corrected chi connectivity index (χ1v) is 10.2. The SMILES string of the molecule is O=C(NCc1ccccn1)C1(F)CCN(Cc2cccc(Oc3ccc(F)c(F)c3)c2)C1. The zero-order valence-corrected chi connectivity index (χ0v) is 17.2. The van der Waals surface area contributed by atoms with Gasteiger partial charge >= 0.3 is 0 Å². The second kappa shape index (κ2) is 9.40. The van der Waals surface area contributed by atoms with Crippen LogP contribution < -0.4 is 10.1 Å². The number of carbonyl (C=O) groups excluding carboxylic acids is 1. The lowest BCUT2D eigenvalue weighted by Crippen LogP contribution is -2.45. The first-order chi connectivity index (χ1) is 15.4. The van der Waals surface area contributed by atoms with Crippen LogP contribution >= 0.6 is 0 Å². The fourth-order valence-corrected chi connectivity index (χ4v) is 3.64. The minimum Gasteiger partial charge on any atom is -0.457 e. The van der Waals surface area contributed by atoms with Crippen molar-refractivity contribution >= 4 is 5.91 Å². The Morgan fingerprint density at radius 3 is 2.69 bits per heavy atom. The first-order valence-electron chi connectivity index (χ1n) is 10.2. The zero-order valence-electron chi connectivity index (χ0n) is 17.2. The van der Waals surface area contributed by atoms with Crippen LogP contribution in [0.2, 0.25) is 0 Å². The van der Waals surface area contributed by atoms with Crippen LogP contribution in [0.15, 0.2) is 66.9 Å². The van der Waals surface area contributed by atoms with E-state index < -0.39 is 23.2 Å². The molecular weight excluding hydrogens is 419 g/mol. The molecule has 1 atom stereocenters. The standard InChI is InChI=1S/C24H22F3N3O2/c25-21-8-7-20(13-22(21)26)32-19-6-3-4-17(12-19)15-30-11-9-24(27,16-30)23(31)29-14-18-5-1-2-10-28-18/h1-8,10,12-13H,9,11,14-16H2,(H,29,31). The Bertz CT molecular complexity index is 1100. The normalized spacial score (nSPS) is 18.5. The lowest BCUT2D eigenvalue weighted by atomic mass is 10.0. The van der Waals surface area contributed by atoms with Gasteiger partial charge in [-0.1, -0.05) is 18.2 Å². The van der Waals surface area contributed by atoms with Crippen LogP contribution in [0.1, 0.15) is 17.7 Å². The molecular formula is C24H22F3N3O2. The second-order valence-electron chi connectivity index (χ2n) is 7.76. The number of hydrogen-bond acceptors (Lipinski definition) is 4. The number of alkyl halides is 1. The number of carbonyl (C=O) groups is 1. The number of likely N-dealkylation sites (tertiary alicyclic amines) is 1. The molecule has 0 saturated carbocycles. The van der Waals surface area contributed by atoms with Gasteiger partial charge in [0.2, 0.25) is 5.67 Å². The molecule has 1 aliphatic heterocycles. The third-order valence-electron chi connectivity index (χ3n) is 5.29. The number of aromatic nitrogens is 1. The molecule has 1 saturated heterocycles. The maximum Gasteiger partial charge on any atom is 0.259 e. The van der Waals surface area contributed by atoms with E-state index in [1.165, 1.54) is 6.07 Å². The minimum absolute atomic E-state index is 0.0185.